The van der Waals surface area contributed by atoms with E-state index in [4.69, 9.17) is 10.5 Å². The van der Waals surface area contributed by atoms with E-state index < -0.39 is 5.97 Å². The summed E-state index contributed by atoms with van der Waals surface area (Å²) in [5, 5.41) is 9.73. The number of methoxy groups -OCH3 is 1. The molecule has 2 aromatic heterocycles. The van der Waals surface area contributed by atoms with Gasteiger partial charge in [-0.2, -0.15) is 0 Å². The number of ether oxygens (including phenoxy) is 1. The van der Waals surface area contributed by atoms with Crippen molar-refractivity contribution in [3.63, 3.8) is 0 Å². The predicted octanol–water partition coefficient (Wildman–Crippen LogP) is 2.09. The van der Waals surface area contributed by atoms with Crippen LogP contribution in [0.2, 0.25) is 0 Å². The number of nitrogen functional groups attached to an aromatic ring is 1. The Balaban J connectivity index is 0.00000256. The number of aromatic nitrogens is 3. The number of rotatable bonds is 4. The average molecular weight is 396 g/mol. The van der Waals surface area contributed by atoms with Crippen molar-refractivity contribution in [3.8, 4) is 22.7 Å². The van der Waals surface area contributed by atoms with Crippen molar-refractivity contribution in [1.29, 1.82) is 0 Å². The molecule has 0 amide bonds. The quantitative estimate of drug-likeness (QED) is 0.507. The maximum atomic E-state index is 13.1. The number of pyridine rings is 1. The van der Waals surface area contributed by atoms with Gasteiger partial charge < -0.3 is 15.6 Å². The van der Waals surface area contributed by atoms with Crippen LogP contribution >= 0.6 is 0 Å². The molecule has 0 aliphatic carbocycles. The maximum absolute atomic E-state index is 13.1. The number of fused-ring (bicyclic) bond motifs is 1. The fourth-order valence-corrected chi connectivity index (χ4v) is 3.13. The summed E-state index contributed by atoms with van der Waals surface area (Å²) in [6.45, 7) is 0. The molecule has 0 aliphatic heterocycles. The number of hydrogen-bond acceptors (Lipinski definition) is 6. The van der Waals surface area contributed by atoms with E-state index in [9.17, 15) is 14.7 Å². The molecule has 0 spiro atoms. The number of para-hydroxylation sites is 1. The molecule has 4 aromatic rings. The van der Waals surface area contributed by atoms with Crippen LogP contribution < -0.4 is 16.0 Å². The summed E-state index contributed by atoms with van der Waals surface area (Å²) in [5.74, 6) is -1.05. The number of carboxylic acid groups (broad SMARTS) is 1. The zero-order valence-electron chi connectivity index (χ0n) is 15.4. The Labute approximate surface area is 183 Å². The van der Waals surface area contributed by atoms with E-state index in [0.29, 0.717) is 27.7 Å². The number of benzene rings is 2. The van der Waals surface area contributed by atoms with Crippen LogP contribution in [0.1, 0.15) is 10.4 Å². The molecule has 2 aromatic carbocycles. The summed E-state index contributed by atoms with van der Waals surface area (Å²) >= 11 is 0. The Hall–Kier alpha value is -3.60. The molecule has 0 atom stereocenters. The number of carbonyl (C=O) groups is 1. The first-order chi connectivity index (χ1) is 14.0. The third-order valence-corrected chi connectivity index (χ3v) is 4.52. The molecule has 4 rings (SSSR count). The number of hydrogen-bond donors (Lipinski definition) is 2. The summed E-state index contributed by atoms with van der Waals surface area (Å²) in [6.07, 6.45) is 1.49. The van der Waals surface area contributed by atoms with Gasteiger partial charge >= 0.3 is 24.8 Å². The van der Waals surface area contributed by atoms with Crippen molar-refractivity contribution in [2.24, 2.45) is 0 Å². The molecule has 0 bridgehead atoms. The van der Waals surface area contributed by atoms with Crippen molar-refractivity contribution >= 4 is 41.7 Å². The van der Waals surface area contributed by atoms with Crippen LogP contribution in [0.5, 0.6) is 5.88 Å². The van der Waals surface area contributed by atoms with Crippen molar-refractivity contribution in [3.05, 3.63) is 76.7 Å². The van der Waals surface area contributed by atoms with Crippen molar-refractivity contribution in [2.75, 3.05) is 12.8 Å². The molecule has 0 unspecified atom stereocenters. The molecule has 9 heteroatoms. The topological polar surface area (TPSA) is 120 Å². The Morgan fingerprint density at radius 3 is 2.50 bits per heavy atom. The van der Waals surface area contributed by atoms with Gasteiger partial charge in [0.2, 0.25) is 11.8 Å². The van der Waals surface area contributed by atoms with Crippen LogP contribution in [0.4, 0.5) is 5.95 Å². The van der Waals surface area contributed by atoms with Gasteiger partial charge in [0.15, 0.2) is 0 Å². The van der Waals surface area contributed by atoms with E-state index >= 15 is 0 Å². The second-order valence-corrected chi connectivity index (χ2v) is 6.26. The fourth-order valence-electron chi connectivity index (χ4n) is 3.13. The van der Waals surface area contributed by atoms with Gasteiger partial charge in [-0.25, -0.2) is 19.3 Å². The van der Waals surface area contributed by atoms with E-state index in [0.717, 1.165) is 0 Å². The molecule has 2 heterocycles. The predicted molar refractivity (Wildman–Crippen MR) is 116 cm³/mol. The Bertz CT molecular complexity index is 1310. The fraction of sp³-hybridized carbons (Fsp3) is 0.0476. The standard InChI is InChI=1S/C21H16N4O4.Li.H/c1-29-18-16(20(27)28)10-13(11-23-18)12-7-8-17-15(9-12)19(26)25(21(22)24-17)14-5-3-2-4-6-14;;/h2-11H,1H3,(H2,22,24)(H,27,28);;. The van der Waals surface area contributed by atoms with Gasteiger partial charge in [0.1, 0.15) is 5.56 Å². The number of nitrogens with two attached hydrogens (primary N) is 1. The number of anilines is 1. The van der Waals surface area contributed by atoms with Crippen LogP contribution in [-0.4, -0.2) is 51.6 Å². The van der Waals surface area contributed by atoms with Crippen LogP contribution in [0.15, 0.2) is 65.6 Å². The van der Waals surface area contributed by atoms with E-state index in [1.54, 1.807) is 42.5 Å². The molecule has 146 valence electrons. The zero-order chi connectivity index (χ0) is 20.5. The molecule has 0 radical (unpaired) electrons. The molecular formula is C21H17LiN4O4. The molecule has 0 fully saturated rings. The van der Waals surface area contributed by atoms with Crippen LogP contribution in [0.25, 0.3) is 27.7 Å². The Morgan fingerprint density at radius 2 is 1.83 bits per heavy atom. The summed E-state index contributed by atoms with van der Waals surface area (Å²) in [6, 6.07) is 15.5. The second kappa shape index (κ2) is 8.41. The minimum atomic E-state index is -1.15. The molecule has 0 aliphatic rings. The Morgan fingerprint density at radius 1 is 1.10 bits per heavy atom. The first kappa shape index (κ1) is 21.1. The monoisotopic (exact) mass is 396 g/mol. The van der Waals surface area contributed by atoms with Crippen molar-refractivity contribution in [2.45, 2.75) is 0 Å². The molecule has 3 N–H and O–H groups in total. The van der Waals surface area contributed by atoms with Gasteiger partial charge in [-0.15, -0.1) is 0 Å². The third-order valence-electron chi connectivity index (χ3n) is 4.52. The van der Waals surface area contributed by atoms with Gasteiger partial charge in [0.05, 0.1) is 23.7 Å². The summed E-state index contributed by atoms with van der Waals surface area (Å²) in [7, 11) is 1.35. The van der Waals surface area contributed by atoms with E-state index in [1.807, 2.05) is 6.07 Å². The molecular weight excluding hydrogens is 379 g/mol. The van der Waals surface area contributed by atoms with Gasteiger partial charge in [-0.3, -0.25) is 4.79 Å². The number of aromatic carboxylic acids is 1. The second-order valence-electron chi connectivity index (χ2n) is 6.26. The van der Waals surface area contributed by atoms with E-state index in [2.05, 4.69) is 9.97 Å². The van der Waals surface area contributed by atoms with Crippen molar-refractivity contribution < 1.29 is 14.6 Å². The summed E-state index contributed by atoms with van der Waals surface area (Å²) in [5.41, 5.74) is 7.84. The normalized spacial score (nSPS) is 10.4. The van der Waals surface area contributed by atoms with Gasteiger partial charge in [0.25, 0.3) is 5.56 Å². The van der Waals surface area contributed by atoms with Crippen LogP contribution in [0, 0.1) is 0 Å². The molecule has 0 saturated carbocycles. The third kappa shape index (κ3) is 3.66. The summed E-state index contributed by atoms with van der Waals surface area (Å²) < 4.78 is 6.33. The van der Waals surface area contributed by atoms with Gasteiger partial charge in [-0.05, 0) is 35.9 Å². The minimum absolute atomic E-state index is 0. The van der Waals surface area contributed by atoms with E-state index in [-0.39, 0.29) is 41.8 Å². The zero-order valence-corrected chi connectivity index (χ0v) is 15.4. The van der Waals surface area contributed by atoms with Gasteiger partial charge in [0, 0.05) is 11.8 Å². The molecule has 8 nitrogen and oxygen atoms in total. The first-order valence-corrected chi connectivity index (χ1v) is 8.65. The van der Waals surface area contributed by atoms with E-state index in [1.165, 1.54) is 23.9 Å². The number of carboxylic acids is 1. The van der Waals surface area contributed by atoms with Crippen LogP contribution in [0.3, 0.4) is 0 Å². The van der Waals surface area contributed by atoms with Gasteiger partial charge in [-0.1, -0.05) is 24.3 Å². The SMILES string of the molecule is COc1ncc(-c2ccc3nc(N)n(-c4ccccc4)c(=O)c3c2)cc1C(=O)O.[LiH]. The average Bonchev–Trinajstić information content (AvgIpc) is 2.74. The van der Waals surface area contributed by atoms with Crippen LogP contribution in [-0.2, 0) is 0 Å². The summed E-state index contributed by atoms with van der Waals surface area (Å²) in [4.78, 5) is 33.0. The number of nitrogens with zero attached hydrogens (tertiary/aromatic N) is 3. The molecule has 30 heavy (non-hydrogen) atoms. The first-order valence-electron chi connectivity index (χ1n) is 8.65. The Kier molecular flexibility index (Phi) is 5.92. The van der Waals surface area contributed by atoms with Crippen molar-refractivity contribution in [1.82, 2.24) is 14.5 Å². The molecule has 0 saturated heterocycles.